The average molecular weight is 249 g/mol. The lowest BCUT2D eigenvalue weighted by Gasteiger charge is -2.11. The Hall–Kier alpha value is -1.29. The van der Waals surface area contributed by atoms with Crippen LogP contribution in [0.15, 0.2) is 18.3 Å². The van der Waals surface area contributed by atoms with Gasteiger partial charge in [0, 0.05) is 24.5 Å². The van der Waals surface area contributed by atoms with Crippen LogP contribution in [-0.2, 0) is 17.9 Å². The molecule has 1 saturated carbocycles. The lowest BCUT2D eigenvalue weighted by atomic mass is 10.2. The molecule has 1 fully saturated rings. The molecule has 1 aromatic heterocycles. The molecule has 1 amide bonds. The van der Waals surface area contributed by atoms with Crippen LogP contribution in [-0.4, -0.2) is 23.1 Å². The van der Waals surface area contributed by atoms with Crippen molar-refractivity contribution < 1.29 is 4.79 Å². The van der Waals surface area contributed by atoms with E-state index in [2.05, 4.69) is 30.5 Å². The van der Waals surface area contributed by atoms with Crippen LogP contribution < -0.4 is 10.6 Å². The highest BCUT2D eigenvalue weighted by Crippen LogP contribution is 2.18. The van der Waals surface area contributed by atoms with Crippen LogP contribution in [0, 0.1) is 5.92 Å². The monoisotopic (exact) mass is 249 g/mol. The lowest BCUT2D eigenvalue weighted by molar-refractivity contribution is -0.121. The molecule has 0 radical (unpaired) electrons. The van der Waals surface area contributed by atoms with E-state index in [9.17, 15) is 4.79 Å². The van der Waals surface area contributed by atoms with Crippen LogP contribution in [0.1, 0.15) is 32.4 Å². The Labute approximate surface area is 109 Å². The van der Waals surface area contributed by atoms with Gasteiger partial charge in [-0.2, -0.15) is 0 Å². The van der Waals surface area contributed by atoms with E-state index in [0.29, 0.717) is 18.5 Å². The summed E-state index contributed by atoms with van der Waals surface area (Å²) < 4.78 is 2.02. The standard InChI is InChI=1S/C14H23N3O/c1-11(2)8-15-9-13-4-3-7-17(13)10-14(18)16-12-5-6-12/h3-4,7,11-12,15H,5-6,8-10H2,1-2H3,(H,16,18). The highest BCUT2D eigenvalue weighted by molar-refractivity contribution is 5.76. The highest BCUT2D eigenvalue weighted by Gasteiger charge is 2.23. The maximum absolute atomic E-state index is 11.7. The maximum atomic E-state index is 11.7. The Morgan fingerprint density at radius 3 is 2.94 bits per heavy atom. The number of rotatable bonds is 7. The van der Waals surface area contributed by atoms with Crippen LogP contribution >= 0.6 is 0 Å². The second-order valence-electron chi connectivity index (χ2n) is 5.49. The van der Waals surface area contributed by atoms with Crippen LogP contribution in [0.2, 0.25) is 0 Å². The lowest BCUT2D eigenvalue weighted by Crippen LogP contribution is -2.30. The summed E-state index contributed by atoms with van der Waals surface area (Å²) in [6, 6.07) is 4.50. The van der Waals surface area contributed by atoms with Gasteiger partial charge in [0.2, 0.25) is 5.91 Å². The normalized spacial score (nSPS) is 15.1. The Morgan fingerprint density at radius 1 is 1.50 bits per heavy atom. The summed E-state index contributed by atoms with van der Waals surface area (Å²) in [5.41, 5.74) is 1.17. The predicted molar refractivity (Wildman–Crippen MR) is 72.1 cm³/mol. The molecule has 0 aliphatic heterocycles. The van der Waals surface area contributed by atoms with Crippen molar-refractivity contribution in [2.24, 2.45) is 5.92 Å². The number of carbonyl (C=O) groups is 1. The van der Waals surface area contributed by atoms with E-state index >= 15 is 0 Å². The van der Waals surface area contributed by atoms with Crippen molar-refractivity contribution in [1.29, 1.82) is 0 Å². The molecule has 18 heavy (non-hydrogen) atoms. The van der Waals surface area contributed by atoms with Gasteiger partial charge in [-0.05, 0) is 37.4 Å². The van der Waals surface area contributed by atoms with Crippen molar-refractivity contribution in [3.05, 3.63) is 24.0 Å². The fourth-order valence-electron chi connectivity index (χ4n) is 1.91. The van der Waals surface area contributed by atoms with Gasteiger partial charge in [0.25, 0.3) is 0 Å². The van der Waals surface area contributed by atoms with Crippen molar-refractivity contribution in [3.63, 3.8) is 0 Å². The first-order chi connectivity index (χ1) is 8.65. The zero-order valence-electron chi connectivity index (χ0n) is 11.3. The van der Waals surface area contributed by atoms with Crippen molar-refractivity contribution in [1.82, 2.24) is 15.2 Å². The molecule has 0 saturated heterocycles. The summed E-state index contributed by atoms with van der Waals surface area (Å²) in [5.74, 6) is 0.769. The predicted octanol–water partition coefficient (Wildman–Crippen LogP) is 1.51. The van der Waals surface area contributed by atoms with E-state index in [1.54, 1.807) is 0 Å². The largest absolute Gasteiger partial charge is 0.352 e. The van der Waals surface area contributed by atoms with Gasteiger partial charge in [-0.1, -0.05) is 13.8 Å². The topological polar surface area (TPSA) is 46.1 Å². The third-order valence-electron chi connectivity index (χ3n) is 3.04. The van der Waals surface area contributed by atoms with Crippen molar-refractivity contribution in [3.8, 4) is 0 Å². The Morgan fingerprint density at radius 2 is 2.28 bits per heavy atom. The van der Waals surface area contributed by atoms with Crippen molar-refractivity contribution in [2.45, 2.75) is 45.8 Å². The summed E-state index contributed by atoms with van der Waals surface area (Å²) in [6.07, 6.45) is 4.25. The number of aromatic nitrogens is 1. The van der Waals surface area contributed by atoms with E-state index in [1.807, 2.05) is 16.8 Å². The first-order valence-electron chi connectivity index (χ1n) is 6.79. The first kappa shape index (κ1) is 13.1. The SMILES string of the molecule is CC(C)CNCc1cccn1CC(=O)NC1CC1. The van der Waals surface area contributed by atoms with E-state index in [1.165, 1.54) is 5.69 Å². The Kier molecular flexibility index (Phi) is 4.42. The molecular formula is C14H23N3O. The minimum Gasteiger partial charge on any atom is -0.352 e. The molecule has 1 aliphatic rings. The number of amides is 1. The Balaban J connectivity index is 1.80. The molecule has 4 heteroatoms. The Bertz CT molecular complexity index is 393. The summed E-state index contributed by atoms with van der Waals surface area (Å²) in [7, 11) is 0. The molecule has 1 aromatic rings. The average Bonchev–Trinajstić information content (AvgIpc) is 2.99. The second kappa shape index (κ2) is 6.05. The van der Waals surface area contributed by atoms with E-state index in [0.717, 1.165) is 25.9 Å². The summed E-state index contributed by atoms with van der Waals surface area (Å²) in [4.78, 5) is 11.7. The van der Waals surface area contributed by atoms with Crippen LogP contribution in [0.4, 0.5) is 0 Å². The number of hydrogen-bond acceptors (Lipinski definition) is 2. The van der Waals surface area contributed by atoms with Gasteiger partial charge in [0.05, 0.1) is 0 Å². The fraction of sp³-hybridized carbons (Fsp3) is 0.643. The number of nitrogens with zero attached hydrogens (tertiary/aromatic N) is 1. The van der Waals surface area contributed by atoms with Gasteiger partial charge in [0.1, 0.15) is 6.54 Å². The van der Waals surface area contributed by atoms with Gasteiger partial charge >= 0.3 is 0 Å². The smallest absolute Gasteiger partial charge is 0.240 e. The zero-order valence-corrected chi connectivity index (χ0v) is 11.3. The minimum atomic E-state index is 0.124. The minimum absolute atomic E-state index is 0.124. The zero-order chi connectivity index (χ0) is 13.0. The van der Waals surface area contributed by atoms with Crippen LogP contribution in [0.3, 0.4) is 0 Å². The third-order valence-corrected chi connectivity index (χ3v) is 3.04. The van der Waals surface area contributed by atoms with E-state index < -0.39 is 0 Å². The molecule has 1 aliphatic carbocycles. The van der Waals surface area contributed by atoms with Crippen molar-refractivity contribution in [2.75, 3.05) is 6.54 Å². The summed E-state index contributed by atoms with van der Waals surface area (Å²) in [5, 5.41) is 6.41. The van der Waals surface area contributed by atoms with Crippen LogP contribution in [0.5, 0.6) is 0 Å². The van der Waals surface area contributed by atoms with Gasteiger partial charge in [-0.25, -0.2) is 0 Å². The van der Waals surface area contributed by atoms with Gasteiger partial charge in [0.15, 0.2) is 0 Å². The second-order valence-corrected chi connectivity index (χ2v) is 5.49. The molecule has 0 spiro atoms. The molecule has 100 valence electrons. The highest BCUT2D eigenvalue weighted by atomic mass is 16.2. The quantitative estimate of drug-likeness (QED) is 0.769. The molecule has 0 atom stereocenters. The molecule has 1 heterocycles. The summed E-state index contributed by atoms with van der Waals surface area (Å²) in [6.45, 7) is 6.63. The maximum Gasteiger partial charge on any atom is 0.240 e. The van der Waals surface area contributed by atoms with Gasteiger partial charge in [-0.15, -0.1) is 0 Å². The van der Waals surface area contributed by atoms with E-state index in [4.69, 9.17) is 0 Å². The van der Waals surface area contributed by atoms with Crippen molar-refractivity contribution >= 4 is 5.91 Å². The molecule has 0 aromatic carbocycles. The van der Waals surface area contributed by atoms with Gasteiger partial charge < -0.3 is 15.2 Å². The molecule has 0 bridgehead atoms. The van der Waals surface area contributed by atoms with Crippen LogP contribution in [0.25, 0.3) is 0 Å². The van der Waals surface area contributed by atoms with Gasteiger partial charge in [-0.3, -0.25) is 4.79 Å². The first-order valence-corrected chi connectivity index (χ1v) is 6.79. The third kappa shape index (κ3) is 4.18. The molecule has 0 unspecified atom stereocenters. The number of hydrogen-bond donors (Lipinski definition) is 2. The fourth-order valence-corrected chi connectivity index (χ4v) is 1.91. The number of nitrogens with one attached hydrogen (secondary N) is 2. The molecular weight excluding hydrogens is 226 g/mol. The molecule has 4 nitrogen and oxygen atoms in total. The molecule has 2 N–H and O–H groups in total. The van der Waals surface area contributed by atoms with E-state index in [-0.39, 0.29) is 5.91 Å². The summed E-state index contributed by atoms with van der Waals surface area (Å²) >= 11 is 0. The number of carbonyl (C=O) groups excluding carboxylic acids is 1. The molecule has 2 rings (SSSR count).